The first-order chi connectivity index (χ1) is 12.1. The van der Waals surface area contributed by atoms with Gasteiger partial charge >= 0.3 is 0 Å². The Hall–Kier alpha value is -3.02. The quantitative estimate of drug-likeness (QED) is 0.417. The van der Waals surface area contributed by atoms with Gasteiger partial charge in [-0.15, -0.1) is 0 Å². The fraction of sp³-hybridized carbons (Fsp3) is 0.263. The maximum absolute atomic E-state index is 11.5. The summed E-state index contributed by atoms with van der Waals surface area (Å²) in [7, 11) is 4.70. The fourth-order valence-electron chi connectivity index (χ4n) is 2.32. The van der Waals surface area contributed by atoms with E-state index in [1.165, 1.54) is 6.92 Å². The molecule has 2 aromatic carbocycles. The lowest BCUT2D eigenvalue weighted by Crippen LogP contribution is -1.99. The molecule has 0 aliphatic carbocycles. The van der Waals surface area contributed by atoms with E-state index in [-0.39, 0.29) is 12.4 Å². The lowest BCUT2D eigenvalue weighted by molar-refractivity contribution is 0.101. The number of oxime groups is 1. The summed E-state index contributed by atoms with van der Waals surface area (Å²) < 4.78 is 15.9. The topological polar surface area (TPSA) is 66.4 Å². The van der Waals surface area contributed by atoms with Crippen LogP contribution in [0.3, 0.4) is 0 Å². The molecule has 6 nitrogen and oxygen atoms in total. The molecule has 2 aromatic rings. The van der Waals surface area contributed by atoms with Crippen LogP contribution in [0.15, 0.2) is 41.6 Å². The van der Waals surface area contributed by atoms with Crippen LogP contribution in [0.5, 0.6) is 17.2 Å². The van der Waals surface area contributed by atoms with Gasteiger partial charge in [0.05, 0.1) is 27.5 Å². The van der Waals surface area contributed by atoms with Crippen molar-refractivity contribution in [1.29, 1.82) is 0 Å². The summed E-state index contributed by atoms with van der Waals surface area (Å²) in [4.78, 5) is 16.9. The molecule has 132 valence electrons. The minimum Gasteiger partial charge on any atom is -0.496 e. The summed E-state index contributed by atoms with van der Waals surface area (Å²) in [6.07, 6.45) is 1.54. The number of Topliss-reactive ketones (excluding diaryl/α,β-unsaturated/α-hetero) is 1. The van der Waals surface area contributed by atoms with Crippen molar-refractivity contribution in [1.82, 2.24) is 0 Å². The average molecular weight is 343 g/mol. The predicted molar refractivity (Wildman–Crippen MR) is 94.9 cm³/mol. The zero-order chi connectivity index (χ0) is 18.2. The van der Waals surface area contributed by atoms with Gasteiger partial charge in [0.25, 0.3) is 0 Å². The number of rotatable bonds is 8. The second-order valence-corrected chi connectivity index (χ2v) is 5.17. The highest BCUT2D eigenvalue weighted by Crippen LogP contribution is 2.29. The Labute approximate surface area is 147 Å². The second kappa shape index (κ2) is 8.73. The van der Waals surface area contributed by atoms with Crippen LogP contribution in [0.2, 0.25) is 0 Å². The Bertz CT molecular complexity index is 770. The maximum atomic E-state index is 11.5. The molecule has 0 saturated carbocycles. The number of para-hydroxylation sites is 1. The Kier molecular flexibility index (Phi) is 6.39. The number of hydrogen-bond donors (Lipinski definition) is 0. The molecule has 0 spiro atoms. The van der Waals surface area contributed by atoms with E-state index >= 15 is 0 Å². The molecule has 6 heteroatoms. The zero-order valence-corrected chi connectivity index (χ0v) is 14.7. The molecule has 0 heterocycles. The van der Waals surface area contributed by atoms with Crippen molar-refractivity contribution < 1.29 is 23.8 Å². The summed E-state index contributed by atoms with van der Waals surface area (Å²) in [6.45, 7) is 1.69. The van der Waals surface area contributed by atoms with Crippen LogP contribution < -0.4 is 14.2 Å². The van der Waals surface area contributed by atoms with E-state index in [1.807, 2.05) is 12.1 Å². The SMILES string of the molecule is COc1ccc(C(C)=O)cc1CON=Cc1cccc(OC)c1OC. The molecule has 0 amide bonds. The van der Waals surface area contributed by atoms with E-state index in [9.17, 15) is 4.79 Å². The van der Waals surface area contributed by atoms with Crippen LogP contribution in [0.1, 0.15) is 28.4 Å². The molecule has 0 unspecified atom stereocenters. The van der Waals surface area contributed by atoms with Crippen molar-refractivity contribution in [2.24, 2.45) is 5.16 Å². The molecule has 0 aromatic heterocycles. The normalized spacial score (nSPS) is 10.6. The molecule has 2 rings (SSSR count). The average Bonchev–Trinajstić information content (AvgIpc) is 2.64. The van der Waals surface area contributed by atoms with Crippen LogP contribution >= 0.6 is 0 Å². The van der Waals surface area contributed by atoms with Crippen molar-refractivity contribution in [3.05, 3.63) is 53.1 Å². The van der Waals surface area contributed by atoms with Gasteiger partial charge < -0.3 is 19.0 Å². The molecule has 0 aliphatic heterocycles. The van der Waals surface area contributed by atoms with Gasteiger partial charge in [-0.05, 0) is 37.3 Å². The molecule has 0 saturated heterocycles. The number of ketones is 1. The van der Waals surface area contributed by atoms with Crippen LogP contribution in [0.25, 0.3) is 0 Å². The van der Waals surface area contributed by atoms with E-state index < -0.39 is 0 Å². The number of methoxy groups -OCH3 is 3. The number of carbonyl (C=O) groups excluding carboxylic acids is 1. The number of ether oxygens (including phenoxy) is 3. The first-order valence-electron chi connectivity index (χ1n) is 7.64. The van der Waals surface area contributed by atoms with E-state index in [4.69, 9.17) is 19.0 Å². The number of hydrogen-bond acceptors (Lipinski definition) is 6. The van der Waals surface area contributed by atoms with E-state index in [0.29, 0.717) is 22.8 Å². The Morgan fingerprint density at radius 1 is 1.04 bits per heavy atom. The van der Waals surface area contributed by atoms with Crippen LogP contribution in [0, 0.1) is 0 Å². The Morgan fingerprint density at radius 3 is 2.44 bits per heavy atom. The van der Waals surface area contributed by atoms with Gasteiger partial charge in [0.15, 0.2) is 17.3 Å². The third kappa shape index (κ3) is 4.50. The van der Waals surface area contributed by atoms with Gasteiger partial charge in [0, 0.05) is 16.7 Å². The van der Waals surface area contributed by atoms with Crippen molar-refractivity contribution in [3.8, 4) is 17.2 Å². The highest BCUT2D eigenvalue weighted by atomic mass is 16.6. The van der Waals surface area contributed by atoms with Gasteiger partial charge in [0.1, 0.15) is 12.4 Å². The van der Waals surface area contributed by atoms with Crippen molar-refractivity contribution in [3.63, 3.8) is 0 Å². The standard InChI is InChI=1S/C19H21NO5/c1-13(21)14-8-9-17(22-2)16(10-14)12-25-20-11-15-6-5-7-18(23-3)19(15)24-4/h5-11H,12H2,1-4H3. The molecule has 25 heavy (non-hydrogen) atoms. The summed E-state index contributed by atoms with van der Waals surface area (Å²) in [5.41, 5.74) is 2.06. The zero-order valence-electron chi connectivity index (χ0n) is 14.7. The third-order valence-corrected chi connectivity index (χ3v) is 3.61. The van der Waals surface area contributed by atoms with Gasteiger partial charge in [-0.25, -0.2) is 0 Å². The van der Waals surface area contributed by atoms with Gasteiger partial charge in [0.2, 0.25) is 0 Å². The second-order valence-electron chi connectivity index (χ2n) is 5.17. The monoisotopic (exact) mass is 343 g/mol. The summed E-state index contributed by atoms with van der Waals surface area (Å²) in [5, 5.41) is 3.97. The lowest BCUT2D eigenvalue weighted by Gasteiger charge is -2.10. The number of benzene rings is 2. The number of carbonyl (C=O) groups is 1. The first kappa shape index (κ1) is 18.3. The summed E-state index contributed by atoms with van der Waals surface area (Å²) >= 11 is 0. The minimum atomic E-state index is -0.0199. The maximum Gasteiger partial charge on any atom is 0.169 e. The largest absolute Gasteiger partial charge is 0.496 e. The smallest absolute Gasteiger partial charge is 0.169 e. The van der Waals surface area contributed by atoms with Crippen molar-refractivity contribution >= 4 is 12.0 Å². The molecule has 0 aliphatic rings. The third-order valence-electron chi connectivity index (χ3n) is 3.61. The molecule has 0 fully saturated rings. The highest BCUT2D eigenvalue weighted by molar-refractivity contribution is 5.94. The Balaban J connectivity index is 2.12. The van der Waals surface area contributed by atoms with E-state index in [0.717, 1.165) is 11.1 Å². The van der Waals surface area contributed by atoms with Crippen LogP contribution in [-0.2, 0) is 11.4 Å². The number of nitrogens with zero attached hydrogens (tertiary/aromatic N) is 1. The van der Waals surface area contributed by atoms with Crippen LogP contribution in [-0.4, -0.2) is 33.3 Å². The molecule has 0 atom stereocenters. The molecule has 0 radical (unpaired) electrons. The molecular formula is C19H21NO5. The van der Waals surface area contributed by atoms with E-state index in [1.54, 1.807) is 51.8 Å². The summed E-state index contributed by atoms with van der Waals surface area (Å²) in [5.74, 6) is 1.81. The van der Waals surface area contributed by atoms with Crippen molar-refractivity contribution in [2.75, 3.05) is 21.3 Å². The molecular weight excluding hydrogens is 322 g/mol. The van der Waals surface area contributed by atoms with Gasteiger partial charge in [-0.3, -0.25) is 4.79 Å². The Morgan fingerprint density at radius 2 is 1.80 bits per heavy atom. The van der Waals surface area contributed by atoms with Crippen LogP contribution in [0.4, 0.5) is 0 Å². The molecule has 0 bridgehead atoms. The fourth-order valence-corrected chi connectivity index (χ4v) is 2.32. The predicted octanol–water partition coefficient (Wildman–Crippen LogP) is 3.47. The first-order valence-corrected chi connectivity index (χ1v) is 7.64. The summed E-state index contributed by atoms with van der Waals surface area (Å²) in [6, 6.07) is 10.7. The van der Waals surface area contributed by atoms with Gasteiger partial charge in [-0.2, -0.15) is 0 Å². The lowest BCUT2D eigenvalue weighted by atomic mass is 10.1. The highest BCUT2D eigenvalue weighted by Gasteiger charge is 2.09. The minimum absolute atomic E-state index is 0.0199. The van der Waals surface area contributed by atoms with Gasteiger partial charge in [-0.1, -0.05) is 11.2 Å². The van der Waals surface area contributed by atoms with E-state index in [2.05, 4.69) is 5.16 Å². The van der Waals surface area contributed by atoms with Crippen molar-refractivity contribution in [2.45, 2.75) is 13.5 Å². The molecule has 0 N–H and O–H groups in total.